The average Bonchev–Trinajstić information content (AvgIpc) is 2.59. The summed E-state index contributed by atoms with van der Waals surface area (Å²) in [5.41, 5.74) is 1.24. The minimum atomic E-state index is 1.02. The van der Waals surface area contributed by atoms with Crippen molar-refractivity contribution in [3.05, 3.63) is 16.1 Å². The first kappa shape index (κ1) is 10.7. The molecule has 0 unspecified atom stereocenters. The van der Waals surface area contributed by atoms with Crippen LogP contribution in [0.25, 0.3) is 0 Å². The van der Waals surface area contributed by atoms with Gasteiger partial charge in [0.2, 0.25) is 0 Å². The fraction of sp³-hybridized carbons (Fsp3) is 0.700. The lowest BCUT2D eigenvalue weighted by Crippen LogP contribution is -2.10. The van der Waals surface area contributed by atoms with Crippen molar-refractivity contribution in [2.45, 2.75) is 32.6 Å². The number of aromatic nitrogens is 1. The number of nitrogens with one attached hydrogen (secondary N) is 1. The van der Waals surface area contributed by atoms with Gasteiger partial charge in [-0.2, -0.15) is 0 Å². The van der Waals surface area contributed by atoms with E-state index in [1.165, 1.54) is 23.5 Å². The molecule has 0 aliphatic carbocycles. The van der Waals surface area contributed by atoms with Crippen LogP contribution in [0.2, 0.25) is 0 Å². The number of thiazole rings is 1. The van der Waals surface area contributed by atoms with Crippen LogP contribution < -0.4 is 5.32 Å². The monoisotopic (exact) mass is 198 g/mol. The van der Waals surface area contributed by atoms with Gasteiger partial charge in [-0.05, 0) is 19.9 Å². The van der Waals surface area contributed by atoms with Crippen LogP contribution in [-0.4, -0.2) is 18.6 Å². The maximum Gasteiger partial charge on any atom is 0.0928 e. The normalized spacial score (nSPS) is 10.6. The van der Waals surface area contributed by atoms with Crippen molar-refractivity contribution in [2.75, 3.05) is 13.6 Å². The number of nitrogens with zero attached hydrogens (tertiary/aromatic N) is 1. The summed E-state index contributed by atoms with van der Waals surface area (Å²) in [4.78, 5) is 4.56. The van der Waals surface area contributed by atoms with Crippen molar-refractivity contribution in [3.8, 4) is 0 Å². The van der Waals surface area contributed by atoms with Crippen LogP contribution in [0, 0.1) is 0 Å². The van der Waals surface area contributed by atoms with Gasteiger partial charge in [0, 0.05) is 18.3 Å². The molecular weight excluding hydrogens is 180 g/mol. The van der Waals surface area contributed by atoms with E-state index in [0.29, 0.717) is 0 Å². The number of rotatable bonds is 6. The maximum atomic E-state index is 4.56. The van der Waals surface area contributed by atoms with Crippen molar-refractivity contribution < 1.29 is 0 Å². The second-order valence-corrected chi connectivity index (χ2v) is 4.13. The lowest BCUT2D eigenvalue weighted by molar-refractivity contribution is 0.762. The minimum absolute atomic E-state index is 1.02. The maximum absolute atomic E-state index is 4.56. The minimum Gasteiger partial charge on any atom is -0.319 e. The van der Waals surface area contributed by atoms with E-state index < -0.39 is 0 Å². The van der Waals surface area contributed by atoms with E-state index in [1.54, 1.807) is 11.3 Å². The van der Waals surface area contributed by atoms with E-state index >= 15 is 0 Å². The first-order valence-corrected chi connectivity index (χ1v) is 5.82. The highest BCUT2D eigenvalue weighted by Gasteiger charge is 2.00. The predicted molar refractivity (Wildman–Crippen MR) is 58.4 cm³/mol. The number of hydrogen-bond donors (Lipinski definition) is 1. The Morgan fingerprint density at radius 2 is 2.31 bits per heavy atom. The molecule has 0 radical (unpaired) electrons. The molecular formula is C10H18N2S. The van der Waals surface area contributed by atoms with Crippen LogP contribution in [0.1, 0.15) is 30.5 Å². The van der Waals surface area contributed by atoms with Crippen molar-refractivity contribution in [1.29, 1.82) is 0 Å². The largest absolute Gasteiger partial charge is 0.319 e. The Kier molecular flexibility index (Phi) is 5.01. The molecule has 3 heteroatoms. The molecule has 1 aromatic rings. The van der Waals surface area contributed by atoms with Crippen LogP contribution >= 0.6 is 11.3 Å². The molecule has 1 rings (SSSR count). The Morgan fingerprint density at radius 1 is 1.46 bits per heavy atom. The molecule has 1 aromatic heterocycles. The highest BCUT2D eigenvalue weighted by Crippen LogP contribution is 2.12. The van der Waals surface area contributed by atoms with E-state index in [1.807, 2.05) is 7.05 Å². The van der Waals surface area contributed by atoms with E-state index in [-0.39, 0.29) is 0 Å². The molecule has 0 aliphatic rings. The molecule has 0 bridgehead atoms. The summed E-state index contributed by atoms with van der Waals surface area (Å²) in [7, 11) is 1.98. The molecule has 0 saturated heterocycles. The summed E-state index contributed by atoms with van der Waals surface area (Å²) in [6.45, 7) is 3.24. The van der Waals surface area contributed by atoms with E-state index in [0.717, 1.165) is 19.4 Å². The lowest BCUT2D eigenvalue weighted by atomic mass is 10.2. The highest BCUT2D eigenvalue weighted by atomic mass is 32.1. The van der Waals surface area contributed by atoms with Gasteiger partial charge in [-0.3, -0.25) is 0 Å². The molecule has 13 heavy (non-hydrogen) atoms. The summed E-state index contributed by atoms with van der Waals surface area (Å²) in [5, 5.41) is 6.62. The second kappa shape index (κ2) is 6.11. The third-order valence-corrected chi connectivity index (χ3v) is 2.93. The quantitative estimate of drug-likeness (QED) is 0.758. The highest BCUT2D eigenvalue weighted by molar-refractivity contribution is 7.09. The van der Waals surface area contributed by atoms with Crippen LogP contribution in [0.15, 0.2) is 5.38 Å². The summed E-state index contributed by atoms with van der Waals surface area (Å²) >= 11 is 1.80. The fourth-order valence-corrected chi connectivity index (χ4v) is 2.03. The van der Waals surface area contributed by atoms with Gasteiger partial charge in [0.1, 0.15) is 0 Å². The van der Waals surface area contributed by atoms with Crippen molar-refractivity contribution in [2.24, 2.45) is 0 Å². The summed E-state index contributed by atoms with van der Waals surface area (Å²) in [6.07, 6.45) is 4.73. The smallest absolute Gasteiger partial charge is 0.0928 e. The Balaban J connectivity index is 2.34. The van der Waals surface area contributed by atoms with E-state index in [2.05, 4.69) is 22.6 Å². The third-order valence-electron chi connectivity index (χ3n) is 1.97. The molecule has 74 valence electrons. The van der Waals surface area contributed by atoms with Crippen molar-refractivity contribution in [1.82, 2.24) is 10.3 Å². The van der Waals surface area contributed by atoms with Crippen LogP contribution in [0.4, 0.5) is 0 Å². The van der Waals surface area contributed by atoms with Gasteiger partial charge in [-0.1, -0.05) is 13.3 Å². The SMILES string of the molecule is CCCCc1nc(CCNC)cs1. The van der Waals surface area contributed by atoms with E-state index in [9.17, 15) is 0 Å². The van der Waals surface area contributed by atoms with Gasteiger partial charge < -0.3 is 5.32 Å². The standard InChI is InChI=1S/C10H18N2S/c1-3-4-5-10-12-9(8-13-10)6-7-11-2/h8,11H,3-7H2,1-2H3. The van der Waals surface area contributed by atoms with Crippen LogP contribution in [0.5, 0.6) is 0 Å². The van der Waals surface area contributed by atoms with Gasteiger partial charge in [0.15, 0.2) is 0 Å². The molecule has 2 nitrogen and oxygen atoms in total. The van der Waals surface area contributed by atoms with Gasteiger partial charge in [0.05, 0.1) is 10.7 Å². The zero-order valence-corrected chi connectivity index (χ0v) is 9.28. The van der Waals surface area contributed by atoms with Crippen molar-refractivity contribution in [3.63, 3.8) is 0 Å². The second-order valence-electron chi connectivity index (χ2n) is 3.19. The van der Waals surface area contributed by atoms with Crippen LogP contribution in [0.3, 0.4) is 0 Å². The topological polar surface area (TPSA) is 24.9 Å². The Hall–Kier alpha value is -0.410. The van der Waals surface area contributed by atoms with Gasteiger partial charge in [0.25, 0.3) is 0 Å². The first-order chi connectivity index (χ1) is 6.36. The van der Waals surface area contributed by atoms with Gasteiger partial charge >= 0.3 is 0 Å². The molecule has 0 spiro atoms. The summed E-state index contributed by atoms with van der Waals surface area (Å²) in [5.74, 6) is 0. The predicted octanol–water partition coefficient (Wildman–Crippen LogP) is 2.25. The zero-order chi connectivity index (χ0) is 9.52. The summed E-state index contributed by atoms with van der Waals surface area (Å²) in [6, 6.07) is 0. The molecule has 1 heterocycles. The average molecular weight is 198 g/mol. The molecule has 0 aromatic carbocycles. The number of aryl methyl sites for hydroxylation is 1. The zero-order valence-electron chi connectivity index (χ0n) is 8.47. The molecule has 0 atom stereocenters. The third kappa shape index (κ3) is 3.87. The molecule has 1 N–H and O–H groups in total. The number of likely N-dealkylation sites (N-methyl/N-ethyl adjacent to an activating group) is 1. The van der Waals surface area contributed by atoms with Gasteiger partial charge in [-0.15, -0.1) is 11.3 Å². The van der Waals surface area contributed by atoms with Crippen LogP contribution in [-0.2, 0) is 12.8 Å². The Bertz CT molecular complexity index is 210. The van der Waals surface area contributed by atoms with Crippen molar-refractivity contribution >= 4 is 11.3 Å². The molecule has 0 fully saturated rings. The first-order valence-electron chi connectivity index (χ1n) is 4.94. The Labute approximate surface area is 84.4 Å². The summed E-state index contributed by atoms with van der Waals surface area (Å²) < 4.78 is 0. The molecule has 0 amide bonds. The fourth-order valence-electron chi connectivity index (χ4n) is 1.16. The lowest BCUT2D eigenvalue weighted by Gasteiger charge is -1.94. The Morgan fingerprint density at radius 3 is 3.00 bits per heavy atom. The number of unbranched alkanes of at least 4 members (excludes halogenated alkanes) is 1. The molecule has 0 aliphatic heterocycles. The number of hydrogen-bond acceptors (Lipinski definition) is 3. The van der Waals surface area contributed by atoms with E-state index in [4.69, 9.17) is 0 Å². The molecule has 0 saturated carbocycles. The van der Waals surface area contributed by atoms with Gasteiger partial charge in [-0.25, -0.2) is 4.98 Å².